The average molecular weight is 579 g/mol. The quantitative estimate of drug-likeness (QED) is 0.295. The van der Waals surface area contributed by atoms with Gasteiger partial charge in [-0.2, -0.15) is 0 Å². The number of hydrogen-bond acceptors (Lipinski definition) is 7. The second kappa shape index (κ2) is 11.5. The topological polar surface area (TPSA) is 79.1 Å². The number of carbonyl (C=O) groups is 1. The third-order valence-corrected chi connectivity index (χ3v) is 7.80. The Bertz CT molecular complexity index is 1790. The molecule has 1 aliphatic rings. The molecule has 0 radical (unpaired) electrons. The Balaban J connectivity index is 1.58. The zero-order valence-corrected chi connectivity index (χ0v) is 23.4. The van der Waals surface area contributed by atoms with Crippen molar-refractivity contribution >= 4 is 35.0 Å². The van der Waals surface area contributed by atoms with Crippen molar-refractivity contribution in [2.45, 2.75) is 19.6 Å². The van der Waals surface area contributed by atoms with Crippen LogP contribution in [0.15, 0.2) is 87.8 Å². The number of carbonyl (C=O) groups excluding carboxylic acids is 1. The molecular weight excluding hydrogens is 555 g/mol. The van der Waals surface area contributed by atoms with E-state index in [1.54, 1.807) is 37.3 Å². The van der Waals surface area contributed by atoms with Crippen LogP contribution in [0.25, 0.3) is 6.08 Å². The third-order valence-electron chi connectivity index (χ3n) is 6.46. The molecule has 40 heavy (non-hydrogen) atoms. The SMILES string of the molecule is COC(=O)C1=C(C)N=c2sc(=Cc3ccc(OC)c(OCc4c(F)cccc4Cl)c3)c(=O)n2C1c1ccccc1. The van der Waals surface area contributed by atoms with Gasteiger partial charge in [-0.15, -0.1) is 0 Å². The second-order valence-electron chi connectivity index (χ2n) is 8.88. The fourth-order valence-electron chi connectivity index (χ4n) is 4.51. The first kappa shape index (κ1) is 27.4. The largest absolute Gasteiger partial charge is 0.493 e. The Morgan fingerprint density at radius 2 is 1.88 bits per heavy atom. The van der Waals surface area contributed by atoms with E-state index in [0.29, 0.717) is 37.7 Å². The van der Waals surface area contributed by atoms with E-state index in [4.69, 9.17) is 25.8 Å². The van der Waals surface area contributed by atoms with Crippen molar-refractivity contribution in [2.75, 3.05) is 14.2 Å². The average Bonchev–Trinajstić information content (AvgIpc) is 3.26. The molecule has 0 saturated heterocycles. The van der Waals surface area contributed by atoms with Gasteiger partial charge < -0.3 is 14.2 Å². The number of nitrogens with zero attached hydrogens (tertiary/aromatic N) is 2. The van der Waals surface area contributed by atoms with Gasteiger partial charge in [-0.05, 0) is 48.4 Å². The maximum atomic E-state index is 14.3. The molecule has 0 aliphatic carbocycles. The lowest BCUT2D eigenvalue weighted by Gasteiger charge is -2.24. The number of ether oxygens (including phenoxy) is 3. The number of thiazole rings is 1. The number of methoxy groups -OCH3 is 2. The van der Waals surface area contributed by atoms with E-state index in [2.05, 4.69) is 4.99 Å². The van der Waals surface area contributed by atoms with E-state index in [-0.39, 0.29) is 22.8 Å². The van der Waals surface area contributed by atoms with Gasteiger partial charge in [0.1, 0.15) is 12.4 Å². The Kier molecular flexibility index (Phi) is 7.86. The fourth-order valence-corrected chi connectivity index (χ4v) is 5.77. The molecule has 0 spiro atoms. The lowest BCUT2D eigenvalue weighted by molar-refractivity contribution is -0.136. The number of esters is 1. The first-order chi connectivity index (χ1) is 19.3. The molecule has 1 atom stereocenters. The number of halogens is 2. The summed E-state index contributed by atoms with van der Waals surface area (Å²) in [6.45, 7) is 1.62. The van der Waals surface area contributed by atoms with Gasteiger partial charge in [-0.3, -0.25) is 9.36 Å². The first-order valence-electron chi connectivity index (χ1n) is 12.2. The summed E-state index contributed by atoms with van der Waals surface area (Å²) in [5.41, 5.74) is 2.13. The van der Waals surface area contributed by atoms with Crippen molar-refractivity contribution < 1.29 is 23.4 Å². The van der Waals surface area contributed by atoms with Gasteiger partial charge in [0, 0.05) is 5.56 Å². The smallest absolute Gasteiger partial charge is 0.338 e. The third kappa shape index (κ3) is 5.17. The van der Waals surface area contributed by atoms with Crippen molar-refractivity contribution in [1.29, 1.82) is 0 Å². The van der Waals surface area contributed by atoms with Crippen molar-refractivity contribution in [3.05, 3.63) is 125 Å². The highest BCUT2D eigenvalue weighted by atomic mass is 35.5. The highest BCUT2D eigenvalue weighted by Gasteiger charge is 2.32. The molecule has 4 aromatic rings. The van der Waals surface area contributed by atoms with Crippen LogP contribution in [-0.4, -0.2) is 24.8 Å². The Hall–Kier alpha value is -4.21. The number of aromatic nitrogens is 1. The summed E-state index contributed by atoms with van der Waals surface area (Å²) in [4.78, 5) is 31.6. The lowest BCUT2D eigenvalue weighted by Crippen LogP contribution is -2.39. The molecule has 3 aromatic carbocycles. The predicted molar refractivity (Wildman–Crippen MR) is 151 cm³/mol. The molecule has 204 valence electrons. The zero-order chi connectivity index (χ0) is 28.4. The van der Waals surface area contributed by atoms with Gasteiger partial charge >= 0.3 is 5.97 Å². The Labute approximate surface area is 238 Å². The summed E-state index contributed by atoms with van der Waals surface area (Å²) in [5, 5.41) is 0.255. The summed E-state index contributed by atoms with van der Waals surface area (Å²) in [5.74, 6) is -0.225. The molecule has 10 heteroatoms. The molecule has 7 nitrogen and oxygen atoms in total. The summed E-state index contributed by atoms with van der Waals surface area (Å²) in [6.07, 6.45) is 1.71. The van der Waals surface area contributed by atoms with E-state index in [1.165, 1.54) is 42.3 Å². The number of rotatable bonds is 7. The van der Waals surface area contributed by atoms with Gasteiger partial charge in [0.05, 0.1) is 41.1 Å². The summed E-state index contributed by atoms with van der Waals surface area (Å²) in [7, 11) is 2.81. The molecule has 1 aromatic heterocycles. The highest BCUT2D eigenvalue weighted by molar-refractivity contribution is 7.07. The monoisotopic (exact) mass is 578 g/mol. The van der Waals surface area contributed by atoms with Crippen LogP contribution in [0.3, 0.4) is 0 Å². The van der Waals surface area contributed by atoms with Crippen LogP contribution in [-0.2, 0) is 16.1 Å². The molecule has 0 amide bonds. The van der Waals surface area contributed by atoms with Gasteiger partial charge in [0.25, 0.3) is 5.56 Å². The van der Waals surface area contributed by atoms with Crippen molar-refractivity contribution in [3.8, 4) is 11.5 Å². The van der Waals surface area contributed by atoms with Gasteiger partial charge in [0.2, 0.25) is 0 Å². The molecule has 0 bridgehead atoms. The van der Waals surface area contributed by atoms with E-state index in [9.17, 15) is 14.0 Å². The van der Waals surface area contributed by atoms with Gasteiger partial charge in [-0.1, -0.05) is 65.4 Å². The van der Waals surface area contributed by atoms with E-state index < -0.39 is 17.8 Å². The molecule has 5 rings (SSSR count). The maximum absolute atomic E-state index is 14.3. The van der Waals surface area contributed by atoms with Crippen molar-refractivity contribution in [2.24, 2.45) is 4.99 Å². The van der Waals surface area contributed by atoms with Crippen molar-refractivity contribution in [3.63, 3.8) is 0 Å². The van der Waals surface area contributed by atoms with Gasteiger partial charge in [-0.25, -0.2) is 14.2 Å². The number of hydrogen-bond donors (Lipinski definition) is 0. The predicted octanol–water partition coefficient (Wildman–Crippen LogP) is 4.79. The van der Waals surface area contributed by atoms with Gasteiger partial charge in [0.15, 0.2) is 16.3 Å². The van der Waals surface area contributed by atoms with Crippen LogP contribution in [0, 0.1) is 5.82 Å². The van der Waals surface area contributed by atoms with E-state index in [1.807, 2.05) is 30.3 Å². The van der Waals surface area contributed by atoms with Crippen LogP contribution < -0.4 is 24.4 Å². The Morgan fingerprint density at radius 1 is 1.10 bits per heavy atom. The van der Waals surface area contributed by atoms with Crippen LogP contribution in [0.5, 0.6) is 11.5 Å². The minimum Gasteiger partial charge on any atom is -0.493 e. The normalized spacial score (nSPS) is 14.9. The number of fused-ring (bicyclic) bond motifs is 1. The molecule has 1 aliphatic heterocycles. The van der Waals surface area contributed by atoms with E-state index >= 15 is 0 Å². The molecule has 1 unspecified atom stereocenters. The zero-order valence-electron chi connectivity index (χ0n) is 21.8. The minimum absolute atomic E-state index is 0.111. The fraction of sp³-hybridized carbons (Fsp3) is 0.167. The molecule has 2 heterocycles. The molecule has 0 fully saturated rings. The highest BCUT2D eigenvalue weighted by Crippen LogP contribution is 2.32. The molecular formula is C30H24ClFN2O5S. The lowest BCUT2D eigenvalue weighted by atomic mass is 9.96. The minimum atomic E-state index is -0.688. The summed E-state index contributed by atoms with van der Waals surface area (Å²) < 4.78 is 32.5. The number of benzene rings is 3. The van der Waals surface area contributed by atoms with Crippen LogP contribution >= 0.6 is 22.9 Å². The molecule has 0 saturated carbocycles. The van der Waals surface area contributed by atoms with E-state index in [0.717, 1.165) is 5.56 Å². The summed E-state index contributed by atoms with van der Waals surface area (Å²) in [6, 6.07) is 18.2. The van der Waals surface area contributed by atoms with Crippen LogP contribution in [0.1, 0.15) is 29.7 Å². The van der Waals surface area contributed by atoms with Crippen LogP contribution in [0.4, 0.5) is 4.39 Å². The maximum Gasteiger partial charge on any atom is 0.338 e. The van der Waals surface area contributed by atoms with Crippen LogP contribution in [0.2, 0.25) is 5.02 Å². The molecule has 0 N–H and O–H groups in total. The van der Waals surface area contributed by atoms with Crippen molar-refractivity contribution in [1.82, 2.24) is 4.57 Å². The Morgan fingerprint density at radius 3 is 2.58 bits per heavy atom. The summed E-state index contributed by atoms with van der Waals surface area (Å²) >= 11 is 7.36. The standard InChI is InChI=1S/C30H24ClFN2O5S/c1-17-26(29(36)38-3)27(19-8-5-4-6-9-19)34-28(35)25(40-30(34)33-17)15-18-12-13-23(37-2)24(14-18)39-16-20-21(31)10-7-11-22(20)32/h4-15,27H,16H2,1-3H3. The second-order valence-corrected chi connectivity index (χ2v) is 10.3. The number of allylic oxidation sites excluding steroid dienone is 1. The first-order valence-corrected chi connectivity index (χ1v) is 13.4.